The molecule has 0 amide bonds. The third-order valence-corrected chi connectivity index (χ3v) is 4.52. The van der Waals surface area contributed by atoms with Crippen LogP contribution in [0.15, 0.2) is 72.9 Å². The largest absolute Gasteiger partial charge is 0.508 e. The van der Waals surface area contributed by atoms with Gasteiger partial charge in [-0.05, 0) is 31.2 Å². The first-order valence-electron chi connectivity index (χ1n) is 8.68. The fourth-order valence-corrected chi connectivity index (χ4v) is 3.20. The van der Waals surface area contributed by atoms with Crippen LogP contribution in [0.1, 0.15) is 22.9 Å². The quantitative estimate of drug-likeness (QED) is 0.499. The van der Waals surface area contributed by atoms with Crippen LogP contribution in [0.2, 0.25) is 0 Å². The smallest absolute Gasteiger partial charge is 0.147 e. The second-order valence-electron chi connectivity index (χ2n) is 6.38. The highest BCUT2D eigenvalue weighted by Gasteiger charge is 2.22. The highest BCUT2D eigenvalue weighted by molar-refractivity contribution is 5.86. The number of phenolic OH excluding ortho intramolecular Hbond substituents is 2. The maximum Gasteiger partial charge on any atom is 0.147 e. The van der Waals surface area contributed by atoms with Crippen molar-refractivity contribution in [3.63, 3.8) is 0 Å². The molecule has 0 fully saturated rings. The zero-order valence-corrected chi connectivity index (χ0v) is 14.8. The molecule has 0 saturated heterocycles. The van der Waals surface area contributed by atoms with Crippen LogP contribution in [0.5, 0.6) is 11.5 Å². The molecule has 2 aromatic carbocycles. The predicted octanol–water partition coefficient (Wildman–Crippen LogP) is 4.55. The van der Waals surface area contributed by atoms with E-state index in [1.165, 1.54) is 0 Å². The minimum absolute atomic E-state index is 0.0847. The summed E-state index contributed by atoms with van der Waals surface area (Å²) < 4.78 is 0. The van der Waals surface area contributed by atoms with Crippen LogP contribution in [0.4, 0.5) is 5.82 Å². The van der Waals surface area contributed by atoms with Crippen LogP contribution in [0.25, 0.3) is 10.9 Å². The van der Waals surface area contributed by atoms with Gasteiger partial charge in [-0.3, -0.25) is 4.98 Å². The number of hydrogen-bond acceptors (Lipinski definition) is 5. The Kier molecular flexibility index (Phi) is 4.34. The second-order valence-corrected chi connectivity index (χ2v) is 6.38. The standard InChI is InChI=1S/C22H19N3O2/c1-14-6-4-10-19(24-14)25-21(16-8-2-3-9-18(16)26)17-12-11-15-7-5-13-23-20(15)22(17)27/h2-13,21,26-27H,1H3,(H,24,25)/t21-/m1/s1. The van der Waals surface area contributed by atoms with Crippen molar-refractivity contribution in [3.8, 4) is 11.5 Å². The van der Waals surface area contributed by atoms with E-state index in [1.54, 1.807) is 18.3 Å². The molecule has 2 heterocycles. The van der Waals surface area contributed by atoms with Gasteiger partial charge in [0.15, 0.2) is 0 Å². The first kappa shape index (κ1) is 16.8. The predicted molar refractivity (Wildman–Crippen MR) is 106 cm³/mol. The summed E-state index contributed by atoms with van der Waals surface area (Å²) in [6, 6.07) is 19.7. The van der Waals surface area contributed by atoms with E-state index in [2.05, 4.69) is 15.3 Å². The summed E-state index contributed by atoms with van der Waals surface area (Å²) in [5.41, 5.74) is 2.66. The molecule has 0 spiro atoms. The lowest BCUT2D eigenvalue weighted by atomic mass is 9.95. The van der Waals surface area contributed by atoms with E-state index in [4.69, 9.17) is 0 Å². The molecule has 1 atom stereocenters. The van der Waals surface area contributed by atoms with Gasteiger partial charge in [0, 0.05) is 28.4 Å². The second kappa shape index (κ2) is 6.96. The Morgan fingerprint density at radius 1 is 0.852 bits per heavy atom. The van der Waals surface area contributed by atoms with Crippen LogP contribution in [-0.4, -0.2) is 20.2 Å². The molecule has 5 nitrogen and oxygen atoms in total. The Bertz CT molecular complexity index is 1110. The van der Waals surface area contributed by atoms with Crippen molar-refractivity contribution in [1.29, 1.82) is 0 Å². The van der Waals surface area contributed by atoms with Crippen molar-refractivity contribution >= 4 is 16.7 Å². The lowest BCUT2D eigenvalue weighted by molar-refractivity contribution is 0.460. The van der Waals surface area contributed by atoms with Crippen LogP contribution in [0, 0.1) is 6.92 Å². The van der Waals surface area contributed by atoms with Gasteiger partial charge < -0.3 is 15.5 Å². The first-order valence-corrected chi connectivity index (χ1v) is 8.68. The van der Waals surface area contributed by atoms with Gasteiger partial charge in [0.05, 0.1) is 6.04 Å². The number of aromatic nitrogens is 2. The lowest BCUT2D eigenvalue weighted by Gasteiger charge is -2.23. The van der Waals surface area contributed by atoms with Gasteiger partial charge in [-0.1, -0.05) is 42.5 Å². The number of pyridine rings is 2. The molecule has 0 aliphatic carbocycles. The molecule has 0 bridgehead atoms. The monoisotopic (exact) mass is 357 g/mol. The Balaban J connectivity index is 1.88. The number of nitrogens with one attached hydrogen (secondary N) is 1. The number of nitrogens with zero attached hydrogens (tertiary/aromatic N) is 2. The molecule has 0 unspecified atom stereocenters. The van der Waals surface area contributed by atoms with Crippen LogP contribution < -0.4 is 5.32 Å². The molecule has 0 radical (unpaired) electrons. The third kappa shape index (κ3) is 3.27. The maximum absolute atomic E-state index is 10.9. The van der Waals surface area contributed by atoms with Gasteiger partial charge >= 0.3 is 0 Å². The number of benzene rings is 2. The molecular formula is C22H19N3O2. The van der Waals surface area contributed by atoms with Crippen molar-refractivity contribution in [1.82, 2.24) is 9.97 Å². The molecule has 27 heavy (non-hydrogen) atoms. The average molecular weight is 357 g/mol. The molecule has 4 aromatic rings. The zero-order chi connectivity index (χ0) is 18.8. The van der Waals surface area contributed by atoms with E-state index in [0.717, 1.165) is 11.1 Å². The van der Waals surface area contributed by atoms with Crippen molar-refractivity contribution in [2.45, 2.75) is 13.0 Å². The molecule has 4 rings (SSSR count). The number of rotatable bonds is 4. The van der Waals surface area contributed by atoms with Crippen LogP contribution >= 0.6 is 0 Å². The lowest BCUT2D eigenvalue weighted by Crippen LogP contribution is -2.14. The topological polar surface area (TPSA) is 78.3 Å². The minimum atomic E-state index is -0.494. The average Bonchev–Trinajstić information content (AvgIpc) is 2.68. The van der Waals surface area contributed by atoms with E-state index in [1.807, 2.05) is 61.5 Å². The molecular weight excluding hydrogens is 338 g/mol. The van der Waals surface area contributed by atoms with Gasteiger partial charge in [0.1, 0.15) is 22.8 Å². The number of anilines is 1. The van der Waals surface area contributed by atoms with Gasteiger partial charge in [-0.2, -0.15) is 0 Å². The van der Waals surface area contributed by atoms with Gasteiger partial charge in [0.25, 0.3) is 0 Å². The number of fused-ring (bicyclic) bond motifs is 1. The summed E-state index contributed by atoms with van der Waals surface area (Å²) in [6.07, 6.45) is 1.65. The summed E-state index contributed by atoms with van der Waals surface area (Å²) >= 11 is 0. The first-order chi connectivity index (χ1) is 13.1. The van der Waals surface area contributed by atoms with E-state index in [0.29, 0.717) is 22.5 Å². The van der Waals surface area contributed by atoms with Gasteiger partial charge in [-0.15, -0.1) is 0 Å². The number of aryl methyl sites for hydroxylation is 1. The summed E-state index contributed by atoms with van der Waals surface area (Å²) in [7, 11) is 0. The summed E-state index contributed by atoms with van der Waals surface area (Å²) in [6.45, 7) is 1.91. The van der Waals surface area contributed by atoms with Crippen LogP contribution in [-0.2, 0) is 0 Å². The van der Waals surface area contributed by atoms with E-state index >= 15 is 0 Å². The molecule has 0 aliphatic heterocycles. The van der Waals surface area contributed by atoms with Gasteiger partial charge in [0.2, 0.25) is 0 Å². The van der Waals surface area contributed by atoms with E-state index in [9.17, 15) is 10.2 Å². The van der Waals surface area contributed by atoms with Crippen molar-refractivity contribution in [3.05, 3.63) is 89.7 Å². The SMILES string of the molecule is Cc1cccc(N[C@H](c2ccccc2O)c2ccc3cccnc3c2O)n1. The Hall–Kier alpha value is -3.60. The number of aromatic hydroxyl groups is 2. The molecule has 0 saturated carbocycles. The number of hydrogen-bond donors (Lipinski definition) is 3. The maximum atomic E-state index is 10.9. The highest BCUT2D eigenvalue weighted by atomic mass is 16.3. The van der Waals surface area contributed by atoms with Crippen molar-refractivity contribution in [2.75, 3.05) is 5.32 Å². The number of phenols is 2. The fraction of sp³-hybridized carbons (Fsp3) is 0.0909. The zero-order valence-electron chi connectivity index (χ0n) is 14.8. The minimum Gasteiger partial charge on any atom is -0.508 e. The van der Waals surface area contributed by atoms with Crippen molar-refractivity contribution in [2.24, 2.45) is 0 Å². The fourth-order valence-electron chi connectivity index (χ4n) is 3.20. The summed E-state index contributed by atoms with van der Waals surface area (Å²) in [4.78, 5) is 8.80. The molecule has 2 aromatic heterocycles. The van der Waals surface area contributed by atoms with E-state index in [-0.39, 0.29) is 11.5 Å². The Morgan fingerprint density at radius 3 is 2.52 bits per heavy atom. The van der Waals surface area contributed by atoms with E-state index < -0.39 is 6.04 Å². The summed E-state index contributed by atoms with van der Waals surface area (Å²) in [5.74, 6) is 0.883. The molecule has 134 valence electrons. The molecule has 3 N–H and O–H groups in total. The highest BCUT2D eigenvalue weighted by Crippen LogP contribution is 2.38. The summed E-state index contributed by atoms with van der Waals surface area (Å²) in [5, 5.41) is 25.5. The Morgan fingerprint density at radius 2 is 1.70 bits per heavy atom. The number of para-hydroxylation sites is 1. The normalized spacial score (nSPS) is 12.0. The Labute approximate surface area is 157 Å². The van der Waals surface area contributed by atoms with Crippen LogP contribution in [0.3, 0.4) is 0 Å². The third-order valence-electron chi connectivity index (χ3n) is 4.52. The van der Waals surface area contributed by atoms with Gasteiger partial charge in [-0.25, -0.2) is 4.98 Å². The molecule has 0 aliphatic rings. The molecule has 5 heteroatoms. The van der Waals surface area contributed by atoms with Crippen molar-refractivity contribution < 1.29 is 10.2 Å².